The molecule has 100 valence electrons. The van der Waals surface area contributed by atoms with Gasteiger partial charge in [0.15, 0.2) is 0 Å². The lowest BCUT2D eigenvalue weighted by Gasteiger charge is -2.10. The number of fused-ring (bicyclic) bond motifs is 1. The third-order valence-electron chi connectivity index (χ3n) is 3.05. The van der Waals surface area contributed by atoms with E-state index < -0.39 is 0 Å². The molecule has 1 amide bonds. The lowest BCUT2D eigenvalue weighted by molar-refractivity contribution is 0.0950. The largest absolute Gasteiger partial charge is 0.507 e. The molecule has 2 aromatic carbocycles. The van der Waals surface area contributed by atoms with Crippen LogP contribution in [0.3, 0.4) is 0 Å². The Hall–Kier alpha value is -2.23. The number of hydrogen-bond acceptors (Lipinski definition) is 3. The van der Waals surface area contributed by atoms with Gasteiger partial charge in [0.05, 0.1) is 5.56 Å². The highest BCUT2D eigenvalue weighted by Gasteiger charge is 2.16. The molecule has 4 nitrogen and oxygen atoms in total. The zero-order valence-corrected chi connectivity index (χ0v) is 10.8. The molecule has 0 aromatic heterocycles. The first-order chi connectivity index (χ1) is 9.15. The van der Waals surface area contributed by atoms with Crippen LogP contribution in [0.1, 0.15) is 30.1 Å². The zero-order chi connectivity index (χ0) is 13.8. The van der Waals surface area contributed by atoms with Crippen LogP contribution < -0.4 is 5.32 Å². The van der Waals surface area contributed by atoms with Crippen LogP contribution in [0, 0.1) is 0 Å². The molecule has 0 radical (unpaired) electrons. The van der Waals surface area contributed by atoms with E-state index in [1.54, 1.807) is 24.3 Å². The number of rotatable bonds is 4. The minimum atomic E-state index is -0.369. The predicted molar refractivity (Wildman–Crippen MR) is 74.5 cm³/mol. The SMILES string of the molecule is CCCCNC(=O)c1cc(O)c2ccccc2c1O. The van der Waals surface area contributed by atoms with Crippen molar-refractivity contribution in [2.75, 3.05) is 6.54 Å². The summed E-state index contributed by atoms with van der Waals surface area (Å²) in [6.45, 7) is 2.59. The standard InChI is InChI=1S/C15H17NO3/c1-2-3-8-16-15(19)12-9-13(17)10-6-4-5-7-11(10)14(12)18/h4-7,9,17-18H,2-3,8H2,1H3,(H,16,19). The summed E-state index contributed by atoms with van der Waals surface area (Å²) in [6.07, 6.45) is 1.86. The van der Waals surface area contributed by atoms with E-state index >= 15 is 0 Å². The van der Waals surface area contributed by atoms with E-state index in [1.165, 1.54) is 6.07 Å². The van der Waals surface area contributed by atoms with Crippen molar-refractivity contribution in [3.63, 3.8) is 0 Å². The van der Waals surface area contributed by atoms with Gasteiger partial charge >= 0.3 is 0 Å². The van der Waals surface area contributed by atoms with Crippen molar-refractivity contribution in [3.05, 3.63) is 35.9 Å². The Morgan fingerprint density at radius 3 is 2.58 bits per heavy atom. The van der Waals surface area contributed by atoms with Gasteiger partial charge in [0, 0.05) is 17.3 Å². The molecule has 0 fully saturated rings. The molecule has 0 aliphatic rings. The van der Waals surface area contributed by atoms with Gasteiger partial charge in [-0.05, 0) is 12.5 Å². The molecule has 0 atom stereocenters. The lowest BCUT2D eigenvalue weighted by Crippen LogP contribution is -2.24. The number of unbranched alkanes of at least 4 members (excludes halogenated alkanes) is 1. The van der Waals surface area contributed by atoms with E-state index in [0.29, 0.717) is 17.3 Å². The quantitative estimate of drug-likeness (QED) is 0.584. The van der Waals surface area contributed by atoms with Gasteiger partial charge in [-0.25, -0.2) is 0 Å². The molecule has 2 aromatic rings. The fraction of sp³-hybridized carbons (Fsp3) is 0.267. The van der Waals surface area contributed by atoms with E-state index in [1.807, 2.05) is 6.92 Å². The summed E-state index contributed by atoms with van der Waals surface area (Å²) in [6, 6.07) is 8.19. The molecule has 19 heavy (non-hydrogen) atoms. The normalized spacial score (nSPS) is 10.6. The van der Waals surface area contributed by atoms with Crippen molar-refractivity contribution in [1.82, 2.24) is 5.32 Å². The first-order valence-electron chi connectivity index (χ1n) is 6.37. The van der Waals surface area contributed by atoms with Gasteiger partial charge in [0.1, 0.15) is 11.5 Å². The average molecular weight is 259 g/mol. The highest BCUT2D eigenvalue weighted by atomic mass is 16.3. The number of phenols is 2. The van der Waals surface area contributed by atoms with Gasteiger partial charge in [0.2, 0.25) is 0 Å². The number of amides is 1. The number of carbonyl (C=O) groups excluding carboxylic acids is 1. The molecule has 0 bridgehead atoms. The van der Waals surface area contributed by atoms with Gasteiger partial charge in [-0.1, -0.05) is 37.6 Å². The Bertz CT molecular complexity index is 608. The van der Waals surface area contributed by atoms with Crippen LogP contribution in [0.2, 0.25) is 0 Å². The van der Waals surface area contributed by atoms with Crippen molar-refractivity contribution < 1.29 is 15.0 Å². The van der Waals surface area contributed by atoms with Crippen molar-refractivity contribution in [2.45, 2.75) is 19.8 Å². The van der Waals surface area contributed by atoms with Crippen LogP contribution in [0.4, 0.5) is 0 Å². The minimum Gasteiger partial charge on any atom is -0.507 e. The van der Waals surface area contributed by atoms with Gasteiger partial charge < -0.3 is 15.5 Å². The molecule has 0 aliphatic carbocycles. The van der Waals surface area contributed by atoms with Crippen LogP contribution in [0.15, 0.2) is 30.3 Å². The maximum Gasteiger partial charge on any atom is 0.255 e. The Kier molecular flexibility index (Phi) is 3.90. The fourth-order valence-electron chi connectivity index (χ4n) is 1.99. The molecule has 0 saturated carbocycles. The number of phenolic OH excluding ortho intramolecular Hbond substituents is 2. The maximum atomic E-state index is 12.0. The highest BCUT2D eigenvalue weighted by Crippen LogP contribution is 2.35. The zero-order valence-electron chi connectivity index (χ0n) is 10.8. The Morgan fingerprint density at radius 1 is 1.21 bits per heavy atom. The predicted octanol–water partition coefficient (Wildman–Crippen LogP) is 2.78. The maximum absolute atomic E-state index is 12.0. The van der Waals surface area contributed by atoms with E-state index in [0.717, 1.165) is 12.8 Å². The molecule has 0 unspecified atom stereocenters. The number of nitrogens with one attached hydrogen (secondary N) is 1. The Morgan fingerprint density at radius 2 is 1.89 bits per heavy atom. The second-order valence-corrected chi connectivity index (χ2v) is 4.45. The summed E-state index contributed by atoms with van der Waals surface area (Å²) in [5, 5.41) is 23.8. The number of benzene rings is 2. The van der Waals surface area contributed by atoms with E-state index in [9.17, 15) is 15.0 Å². The highest BCUT2D eigenvalue weighted by molar-refractivity contribution is 6.05. The van der Waals surface area contributed by atoms with E-state index in [-0.39, 0.29) is 23.0 Å². The monoisotopic (exact) mass is 259 g/mol. The first-order valence-corrected chi connectivity index (χ1v) is 6.37. The summed E-state index contributed by atoms with van der Waals surface area (Å²) < 4.78 is 0. The molecule has 0 heterocycles. The smallest absolute Gasteiger partial charge is 0.255 e. The van der Waals surface area contributed by atoms with Gasteiger partial charge in [-0.15, -0.1) is 0 Å². The second-order valence-electron chi connectivity index (χ2n) is 4.45. The molecule has 0 aliphatic heterocycles. The van der Waals surface area contributed by atoms with Crippen LogP contribution in [-0.2, 0) is 0 Å². The number of aromatic hydroxyl groups is 2. The summed E-state index contributed by atoms with van der Waals surface area (Å²) in [5.74, 6) is -0.469. The first kappa shape index (κ1) is 13.2. The van der Waals surface area contributed by atoms with Crippen LogP contribution in [-0.4, -0.2) is 22.7 Å². The van der Waals surface area contributed by atoms with Gasteiger partial charge in [0.25, 0.3) is 5.91 Å². The molecular formula is C15H17NO3. The minimum absolute atomic E-state index is 0.00552. The molecular weight excluding hydrogens is 242 g/mol. The van der Waals surface area contributed by atoms with E-state index in [4.69, 9.17) is 0 Å². The van der Waals surface area contributed by atoms with Crippen molar-refractivity contribution in [1.29, 1.82) is 0 Å². The van der Waals surface area contributed by atoms with Crippen molar-refractivity contribution >= 4 is 16.7 Å². The number of hydrogen-bond donors (Lipinski definition) is 3. The van der Waals surface area contributed by atoms with Crippen LogP contribution >= 0.6 is 0 Å². The molecule has 4 heteroatoms. The van der Waals surface area contributed by atoms with Crippen LogP contribution in [0.5, 0.6) is 11.5 Å². The molecule has 3 N–H and O–H groups in total. The van der Waals surface area contributed by atoms with Crippen molar-refractivity contribution in [3.8, 4) is 11.5 Å². The third kappa shape index (κ3) is 2.62. The average Bonchev–Trinajstić information content (AvgIpc) is 2.43. The molecule has 0 spiro atoms. The number of carbonyl (C=O) groups is 1. The summed E-state index contributed by atoms with van der Waals surface area (Å²) in [4.78, 5) is 12.0. The second kappa shape index (κ2) is 5.61. The fourth-order valence-corrected chi connectivity index (χ4v) is 1.99. The third-order valence-corrected chi connectivity index (χ3v) is 3.05. The summed E-state index contributed by atoms with van der Waals surface area (Å²) in [5.41, 5.74) is 0.104. The van der Waals surface area contributed by atoms with Crippen molar-refractivity contribution in [2.24, 2.45) is 0 Å². The molecule has 0 saturated heterocycles. The van der Waals surface area contributed by atoms with Crippen LogP contribution in [0.25, 0.3) is 10.8 Å². The molecule has 2 rings (SSSR count). The summed E-state index contributed by atoms with van der Waals surface area (Å²) >= 11 is 0. The van der Waals surface area contributed by atoms with Gasteiger partial charge in [-0.2, -0.15) is 0 Å². The van der Waals surface area contributed by atoms with Gasteiger partial charge in [-0.3, -0.25) is 4.79 Å². The Labute approximate surface area is 111 Å². The Balaban J connectivity index is 2.39. The lowest BCUT2D eigenvalue weighted by atomic mass is 10.0. The topological polar surface area (TPSA) is 69.6 Å². The van der Waals surface area contributed by atoms with E-state index in [2.05, 4.69) is 5.32 Å². The summed E-state index contributed by atoms with van der Waals surface area (Å²) in [7, 11) is 0.